The van der Waals surface area contributed by atoms with E-state index in [2.05, 4.69) is 5.32 Å². The van der Waals surface area contributed by atoms with Gasteiger partial charge in [-0.25, -0.2) is 0 Å². The van der Waals surface area contributed by atoms with Crippen molar-refractivity contribution in [3.8, 4) is 0 Å². The molecule has 2 amide bonds. The molecule has 1 aromatic rings. The summed E-state index contributed by atoms with van der Waals surface area (Å²) in [6, 6.07) is 9.38. The van der Waals surface area contributed by atoms with Gasteiger partial charge >= 0.3 is 0 Å². The summed E-state index contributed by atoms with van der Waals surface area (Å²) in [5.41, 5.74) is 0.723. The molecular weight excluding hydrogens is 290 g/mol. The fourth-order valence-electron chi connectivity index (χ4n) is 3.26. The highest BCUT2D eigenvalue weighted by atomic mass is 16.2. The number of hydrogen-bond acceptors (Lipinski definition) is 3. The molecule has 0 radical (unpaired) electrons. The zero-order chi connectivity index (χ0) is 16.2. The summed E-state index contributed by atoms with van der Waals surface area (Å²) in [7, 11) is 0. The maximum atomic E-state index is 12.6. The summed E-state index contributed by atoms with van der Waals surface area (Å²) < 4.78 is 0. The summed E-state index contributed by atoms with van der Waals surface area (Å²) in [4.78, 5) is 29.0. The summed E-state index contributed by atoms with van der Waals surface area (Å²) in [5.74, 6) is 0.849. The van der Waals surface area contributed by atoms with Crippen LogP contribution in [-0.4, -0.2) is 60.9 Å². The molecule has 23 heavy (non-hydrogen) atoms. The molecule has 2 saturated heterocycles. The van der Waals surface area contributed by atoms with Gasteiger partial charge in [-0.1, -0.05) is 25.1 Å². The van der Waals surface area contributed by atoms with Crippen molar-refractivity contribution < 1.29 is 9.59 Å². The number of amides is 2. The molecular formula is C18H25N3O2. The molecule has 0 bridgehead atoms. The predicted molar refractivity (Wildman–Crippen MR) is 89.1 cm³/mol. The molecule has 1 aromatic carbocycles. The van der Waals surface area contributed by atoms with Gasteiger partial charge in [0.05, 0.1) is 0 Å². The zero-order valence-electron chi connectivity index (χ0n) is 13.7. The Morgan fingerprint density at radius 1 is 1.04 bits per heavy atom. The lowest BCUT2D eigenvalue weighted by Gasteiger charge is -2.34. The Hall–Kier alpha value is -1.88. The normalized spacial score (nSPS) is 20.6. The number of carbonyl (C=O) groups is 2. The van der Waals surface area contributed by atoms with Crippen molar-refractivity contribution >= 4 is 11.8 Å². The van der Waals surface area contributed by atoms with Gasteiger partial charge in [0.2, 0.25) is 5.91 Å². The number of nitrogens with zero attached hydrogens (tertiary/aromatic N) is 2. The van der Waals surface area contributed by atoms with E-state index in [0.717, 1.165) is 38.2 Å². The van der Waals surface area contributed by atoms with E-state index in [1.807, 2.05) is 47.1 Å². The average Bonchev–Trinajstić information content (AvgIpc) is 2.78. The van der Waals surface area contributed by atoms with Crippen molar-refractivity contribution in [3.63, 3.8) is 0 Å². The maximum Gasteiger partial charge on any atom is 0.253 e. The Morgan fingerprint density at radius 3 is 2.35 bits per heavy atom. The van der Waals surface area contributed by atoms with Crippen LogP contribution in [0, 0.1) is 11.8 Å². The van der Waals surface area contributed by atoms with Gasteiger partial charge in [-0.3, -0.25) is 9.59 Å². The molecule has 3 rings (SSSR count). The lowest BCUT2D eigenvalue weighted by Crippen LogP contribution is -2.51. The van der Waals surface area contributed by atoms with Crippen LogP contribution in [0.2, 0.25) is 0 Å². The molecule has 1 atom stereocenters. The topological polar surface area (TPSA) is 52.7 Å². The Bertz CT molecular complexity index is 557. The van der Waals surface area contributed by atoms with E-state index in [1.54, 1.807) is 0 Å². The van der Waals surface area contributed by atoms with E-state index in [4.69, 9.17) is 0 Å². The molecule has 0 saturated carbocycles. The van der Waals surface area contributed by atoms with Crippen molar-refractivity contribution in [2.24, 2.45) is 11.8 Å². The molecule has 0 spiro atoms. The van der Waals surface area contributed by atoms with Gasteiger partial charge < -0.3 is 15.1 Å². The van der Waals surface area contributed by atoms with Gasteiger partial charge in [-0.15, -0.1) is 0 Å². The summed E-state index contributed by atoms with van der Waals surface area (Å²) in [6.07, 6.45) is 0.847. The van der Waals surface area contributed by atoms with E-state index in [-0.39, 0.29) is 17.7 Å². The fraction of sp³-hybridized carbons (Fsp3) is 0.556. The third kappa shape index (κ3) is 3.55. The van der Waals surface area contributed by atoms with E-state index < -0.39 is 0 Å². The molecule has 5 heteroatoms. The van der Waals surface area contributed by atoms with Crippen LogP contribution in [0.15, 0.2) is 30.3 Å². The molecule has 0 aliphatic carbocycles. The predicted octanol–water partition coefficient (Wildman–Crippen LogP) is 1.22. The van der Waals surface area contributed by atoms with Crippen LogP contribution >= 0.6 is 0 Å². The maximum absolute atomic E-state index is 12.6. The average molecular weight is 315 g/mol. The Morgan fingerprint density at radius 2 is 1.70 bits per heavy atom. The van der Waals surface area contributed by atoms with E-state index in [0.29, 0.717) is 19.0 Å². The quantitative estimate of drug-likeness (QED) is 0.912. The Kier molecular flexibility index (Phi) is 4.96. The zero-order valence-corrected chi connectivity index (χ0v) is 13.7. The molecule has 124 valence electrons. The standard InChI is InChI=1S/C18H25N3O2/c1-14(16-12-19-13-16)17(22)20-8-5-9-21(11-10-20)18(23)15-6-3-2-4-7-15/h2-4,6-7,14,16,19H,5,8-13H2,1H3. The first-order valence-electron chi connectivity index (χ1n) is 8.50. The molecule has 5 nitrogen and oxygen atoms in total. The molecule has 2 aliphatic heterocycles. The number of hydrogen-bond donors (Lipinski definition) is 1. The first-order chi connectivity index (χ1) is 11.2. The molecule has 2 aliphatic rings. The van der Waals surface area contributed by atoms with Crippen LogP contribution in [0.25, 0.3) is 0 Å². The second kappa shape index (κ2) is 7.13. The summed E-state index contributed by atoms with van der Waals surface area (Å²) in [6.45, 7) is 6.65. The third-order valence-electron chi connectivity index (χ3n) is 5.03. The highest BCUT2D eigenvalue weighted by Gasteiger charge is 2.32. The van der Waals surface area contributed by atoms with Crippen molar-refractivity contribution in [1.29, 1.82) is 0 Å². The molecule has 1 N–H and O–H groups in total. The monoisotopic (exact) mass is 315 g/mol. The Balaban J connectivity index is 1.58. The van der Waals surface area contributed by atoms with Crippen LogP contribution in [0.4, 0.5) is 0 Å². The number of carbonyl (C=O) groups excluding carboxylic acids is 2. The van der Waals surface area contributed by atoms with Gasteiger partial charge in [-0.05, 0) is 37.6 Å². The second-order valence-electron chi connectivity index (χ2n) is 6.54. The third-order valence-corrected chi connectivity index (χ3v) is 5.03. The van der Waals surface area contributed by atoms with Gasteiger partial charge in [-0.2, -0.15) is 0 Å². The van der Waals surface area contributed by atoms with Gasteiger partial charge in [0, 0.05) is 37.7 Å². The SMILES string of the molecule is CC(C(=O)N1CCCN(C(=O)c2ccccc2)CC1)C1CNC1. The number of benzene rings is 1. The minimum atomic E-state index is 0.0659. The molecule has 2 heterocycles. The first kappa shape index (κ1) is 16.0. The van der Waals surface area contributed by atoms with Crippen molar-refractivity contribution in [2.75, 3.05) is 39.3 Å². The van der Waals surface area contributed by atoms with E-state index in [9.17, 15) is 9.59 Å². The lowest BCUT2D eigenvalue weighted by atomic mass is 9.88. The lowest BCUT2D eigenvalue weighted by molar-refractivity contribution is -0.137. The minimum absolute atomic E-state index is 0.0659. The Labute approximate surface area is 137 Å². The largest absolute Gasteiger partial charge is 0.341 e. The number of nitrogens with one attached hydrogen (secondary N) is 1. The molecule has 0 aromatic heterocycles. The van der Waals surface area contributed by atoms with E-state index >= 15 is 0 Å². The van der Waals surface area contributed by atoms with Crippen molar-refractivity contribution in [1.82, 2.24) is 15.1 Å². The second-order valence-corrected chi connectivity index (χ2v) is 6.54. The summed E-state index contributed by atoms with van der Waals surface area (Å²) in [5, 5.41) is 3.23. The van der Waals surface area contributed by atoms with Crippen LogP contribution in [-0.2, 0) is 4.79 Å². The van der Waals surface area contributed by atoms with Crippen LogP contribution < -0.4 is 5.32 Å². The van der Waals surface area contributed by atoms with Crippen LogP contribution in [0.5, 0.6) is 0 Å². The van der Waals surface area contributed by atoms with Crippen LogP contribution in [0.3, 0.4) is 0 Å². The van der Waals surface area contributed by atoms with Crippen molar-refractivity contribution in [3.05, 3.63) is 35.9 Å². The highest BCUT2D eigenvalue weighted by Crippen LogP contribution is 2.19. The van der Waals surface area contributed by atoms with Crippen molar-refractivity contribution in [2.45, 2.75) is 13.3 Å². The molecule has 2 fully saturated rings. The van der Waals surface area contributed by atoms with Gasteiger partial charge in [0.1, 0.15) is 0 Å². The number of rotatable bonds is 3. The fourth-order valence-corrected chi connectivity index (χ4v) is 3.26. The van der Waals surface area contributed by atoms with Gasteiger partial charge in [0.15, 0.2) is 0 Å². The summed E-state index contributed by atoms with van der Waals surface area (Å²) >= 11 is 0. The highest BCUT2D eigenvalue weighted by molar-refractivity contribution is 5.94. The van der Waals surface area contributed by atoms with Crippen LogP contribution in [0.1, 0.15) is 23.7 Å². The first-order valence-corrected chi connectivity index (χ1v) is 8.50. The minimum Gasteiger partial charge on any atom is -0.341 e. The van der Waals surface area contributed by atoms with E-state index in [1.165, 1.54) is 0 Å². The van der Waals surface area contributed by atoms with Gasteiger partial charge in [0.25, 0.3) is 5.91 Å². The molecule has 1 unspecified atom stereocenters. The smallest absolute Gasteiger partial charge is 0.253 e.